The van der Waals surface area contributed by atoms with Gasteiger partial charge in [0.25, 0.3) is 5.91 Å². The van der Waals surface area contributed by atoms with Gasteiger partial charge in [-0.05, 0) is 74.5 Å². The number of carbonyl (C=O) groups is 2. The maximum atomic E-state index is 14.1. The minimum absolute atomic E-state index is 0.145. The van der Waals surface area contributed by atoms with E-state index in [0.717, 1.165) is 57.4 Å². The molecule has 0 atom stereocenters. The van der Waals surface area contributed by atoms with Crippen molar-refractivity contribution in [3.05, 3.63) is 65.5 Å². The highest BCUT2D eigenvalue weighted by atomic mass is 19.4. The lowest BCUT2D eigenvalue weighted by molar-refractivity contribution is -0.192. The van der Waals surface area contributed by atoms with Crippen LogP contribution in [0.1, 0.15) is 41.6 Å². The highest BCUT2D eigenvalue weighted by Crippen LogP contribution is 2.41. The summed E-state index contributed by atoms with van der Waals surface area (Å²) in [4.78, 5) is 25.9. The van der Waals surface area contributed by atoms with Gasteiger partial charge in [-0.25, -0.2) is 9.18 Å². The van der Waals surface area contributed by atoms with E-state index in [1.54, 1.807) is 19.2 Å². The highest BCUT2D eigenvalue weighted by Gasteiger charge is 2.39. The first kappa shape index (κ1) is 27.4. The van der Waals surface area contributed by atoms with Crippen molar-refractivity contribution in [1.82, 2.24) is 9.80 Å². The summed E-state index contributed by atoms with van der Waals surface area (Å²) >= 11 is 0. The van der Waals surface area contributed by atoms with Gasteiger partial charge in [0.15, 0.2) is 0 Å². The van der Waals surface area contributed by atoms with Crippen LogP contribution >= 0.6 is 0 Å². The van der Waals surface area contributed by atoms with Crippen LogP contribution < -0.4 is 4.74 Å². The number of nitrogens with zero attached hydrogens (tertiary/aromatic N) is 2. The van der Waals surface area contributed by atoms with Gasteiger partial charge < -0.3 is 14.7 Å². The third-order valence-electron chi connectivity index (χ3n) is 6.94. The van der Waals surface area contributed by atoms with E-state index in [0.29, 0.717) is 23.3 Å². The average molecular weight is 511 g/mol. The molecule has 0 aliphatic carbocycles. The van der Waals surface area contributed by atoms with Gasteiger partial charge in [-0.3, -0.25) is 9.69 Å². The number of methoxy groups -OCH3 is 1. The largest absolute Gasteiger partial charge is 0.497 e. The van der Waals surface area contributed by atoms with Crippen LogP contribution in [0.4, 0.5) is 17.6 Å². The van der Waals surface area contributed by atoms with Crippen LogP contribution in [0.25, 0.3) is 0 Å². The number of hydrogen-bond donors (Lipinski definition) is 1. The predicted molar refractivity (Wildman–Crippen MR) is 125 cm³/mol. The Balaban J connectivity index is 0.000000454. The third kappa shape index (κ3) is 7.19. The zero-order chi connectivity index (χ0) is 26.3. The number of rotatable bonds is 4. The number of ether oxygens (including phenoxy) is 1. The van der Waals surface area contributed by atoms with Gasteiger partial charge in [0.05, 0.1) is 7.11 Å². The van der Waals surface area contributed by atoms with Gasteiger partial charge in [-0.15, -0.1) is 0 Å². The van der Waals surface area contributed by atoms with Crippen molar-refractivity contribution in [1.29, 1.82) is 0 Å². The van der Waals surface area contributed by atoms with Crippen LogP contribution in [0, 0.1) is 11.2 Å². The Hall–Kier alpha value is -3.14. The maximum Gasteiger partial charge on any atom is 0.490 e. The molecule has 0 radical (unpaired) electrons. The second-order valence-corrected chi connectivity index (χ2v) is 9.19. The van der Waals surface area contributed by atoms with Crippen LogP contribution in [0.15, 0.2) is 48.5 Å². The Morgan fingerprint density at radius 2 is 1.53 bits per heavy atom. The van der Waals surface area contributed by atoms with Crippen molar-refractivity contribution in [3.63, 3.8) is 0 Å². The number of halogens is 4. The number of piperidine rings is 2. The number of likely N-dealkylation sites (tertiary alicyclic amines) is 2. The smallest absolute Gasteiger partial charge is 0.490 e. The second kappa shape index (κ2) is 11.7. The molecule has 196 valence electrons. The number of hydrogen-bond acceptors (Lipinski definition) is 4. The molecule has 36 heavy (non-hydrogen) atoms. The van der Waals surface area contributed by atoms with E-state index in [2.05, 4.69) is 4.90 Å². The molecule has 2 aliphatic rings. The van der Waals surface area contributed by atoms with E-state index in [4.69, 9.17) is 14.6 Å². The van der Waals surface area contributed by atoms with Gasteiger partial charge in [-0.2, -0.15) is 13.2 Å². The van der Waals surface area contributed by atoms with Gasteiger partial charge in [0, 0.05) is 30.8 Å². The SMILES string of the molecule is COc1ccc(F)c(CN2CCC3(CC2)CCN(C(=O)c2ccccc2)CC3)c1.O=C(O)C(F)(F)F. The summed E-state index contributed by atoms with van der Waals surface area (Å²) in [6, 6.07) is 14.5. The summed E-state index contributed by atoms with van der Waals surface area (Å²) in [6.45, 7) is 4.24. The summed E-state index contributed by atoms with van der Waals surface area (Å²) in [7, 11) is 1.61. The molecule has 1 spiro atoms. The van der Waals surface area contributed by atoms with Crippen molar-refractivity contribution in [2.24, 2.45) is 5.41 Å². The first-order valence-electron chi connectivity index (χ1n) is 11.7. The maximum absolute atomic E-state index is 14.1. The quantitative estimate of drug-likeness (QED) is 0.588. The lowest BCUT2D eigenvalue weighted by atomic mass is 9.71. The van der Waals surface area contributed by atoms with Crippen molar-refractivity contribution in [2.45, 2.75) is 38.4 Å². The molecule has 4 rings (SSSR count). The molecule has 1 N–H and O–H groups in total. The van der Waals surface area contributed by atoms with Crippen LogP contribution in [0.5, 0.6) is 5.75 Å². The molecule has 0 aromatic heterocycles. The monoisotopic (exact) mass is 510 g/mol. The molecule has 0 unspecified atom stereocenters. The van der Waals surface area contributed by atoms with Crippen molar-refractivity contribution < 1.29 is 37.0 Å². The average Bonchev–Trinajstić information content (AvgIpc) is 2.87. The lowest BCUT2D eigenvalue weighted by Gasteiger charge is -2.47. The van der Waals surface area contributed by atoms with Crippen LogP contribution in [0.3, 0.4) is 0 Å². The zero-order valence-corrected chi connectivity index (χ0v) is 20.1. The van der Waals surface area contributed by atoms with E-state index in [-0.39, 0.29) is 11.7 Å². The Bertz CT molecular complexity index is 1030. The fourth-order valence-corrected chi connectivity index (χ4v) is 4.67. The topological polar surface area (TPSA) is 70.1 Å². The number of aliphatic carboxylic acids is 1. The van der Waals surface area contributed by atoms with Crippen molar-refractivity contribution in [2.75, 3.05) is 33.3 Å². The molecule has 0 bridgehead atoms. The van der Waals surface area contributed by atoms with E-state index < -0.39 is 12.1 Å². The Kier molecular flexibility index (Phi) is 8.94. The number of carboxylic acids is 1. The van der Waals surface area contributed by atoms with E-state index in [1.807, 2.05) is 35.2 Å². The molecule has 2 aromatic carbocycles. The highest BCUT2D eigenvalue weighted by molar-refractivity contribution is 5.94. The molecule has 2 aliphatic heterocycles. The molecule has 1 amide bonds. The molecule has 0 saturated carbocycles. The molecule has 10 heteroatoms. The molecule has 2 aromatic rings. The summed E-state index contributed by atoms with van der Waals surface area (Å²) in [6.07, 6.45) is -0.724. The number of alkyl halides is 3. The van der Waals surface area contributed by atoms with E-state index >= 15 is 0 Å². The molecule has 2 saturated heterocycles. The molecular formula is C26H30F4N2O4. The summed E-state index contributed by atoms with van der Waals surface area (Å²) in [5.74, 6) is -2.08. The fourth-order valence-electron chi connectivity index (χ4n) is 4.67. The minimum Gasteiger partial charge on any atom is -0.497 e. The van der Waals surface area contributed by atoms with E-state index in [1.165, 1.54) is 6.07 Å². The molecule has 6 nitrogen and oxygen atoms in total. The third-order valence-corrected chi connectivity index (χ3v) is 6.94. The summed E-state index contributed by atoms with van der Waals surface area (Å²) in [5.41, 5.74) is 1.80. The molecule has 2 heterocycles. The summed E-state index contributed by atoms with van der Waals surface area (Å²) in [5, 5.41) is 7.12. The number of amides is 1. The lowest BCUT2D eigenvalue weighted by Crippen LogP contribution is -2.48. The van der Waals surface area contributed by atoms with Crippen LogP contribution in [-0.2, 0) is 11.3 Å². The second-order valence-electron chi connectivity index (χ2n) is 9.19. The fraction of sp³-hybridized carbons (Fsp3) is 0.462. The van der Waals surface area contributed by atoms with Crippen LogP contribution in [-0.4, -0.2) is 66.2 Å². The standard InChI is InChI=1S/C24H29FN2O2.C2HF3O2/c1-29-21-7-8-22(25)20(17-21)18-26-13-9-24(10-14-26)11-15-27(16-12-24)23(28)19-5-3-2-4-6-19;3-2(4,5)1(6)7/h2-8,17H,9-16,18H2,1H3;(H,6,7). The number of benzene rings is 2. The summed E-state index contributed by atoms with van der Waals surface area (Å²) < 4.78 is 51.1. The van der Waals surface area contributed by atoms with Crippen LogP contribution in [0.2, 0.25) is 0 Å². The van der Waals surface area contributed by atoms with Gasteiger partial charge in [0.1, 0.15) is 11.6 Å². The molecule has 2 fully saturated rings. The van der Waals surface area contributed by atoms with E-state index in [9.17, 15) is 22.4 Å². The Morgan fingerprint density at radius 3 is 2.06 bits per heavy atom. The Labute approximate surface area is 207 Å². The van der Waals surface area contributed by atoms with Gasteiger partial charge >= 0.3 is 12.1 Å². The molecular weight excluding hydrogens is 480 g/mol. The zero-order valence-electron chi connectivity index (χ0n) is 20.1. The van der Waals surface area contributed by atoms with Crippen molar-refractivity contribution >= 4 is 11.9 Å². The minimum atomic E-state index is -5.08. The number of carboxylic acid groups (broad SMARTS) is 1. The van der Waals surface area contributed by atoms with Gasteiger partial charge in [0.2, 0.25) is 0 Å². The van der Waals surface area contributed by atoms with Crippen molar-refractivity contribution in [3.8, 4) is 5.75 Å². The first-order chi connectivity index (χ1) is 17.0. The predicted octanol–water partition coefficient (Wildman–Crippen LogP) is 4.99. The van der Waals surface area contributed by atoms with Gasteiger partial charge in [-0.1, -0.05) is 18.2 Å². The normalized spacial score (nSPS) is 17.8. The number of carbonyl (C=O) groups excluding carboxylic acids is 1. The Morgan fingerprint density at radius 1 is 0.972 bits per heavy atom. The first-order valence-corrected chi connectivity index (χ1v) is 11.7.